The molecule has 2 heterocycles. The zero-order valence-electron chi connectivity index (χ0n) is 21.5. The van der Waals surface area contributed by atoms with Crippen LogP contribution in [0.5, 0.6) is 0 Å². The number of nitrogens with one attached hydrogen (secondary N) is 1. The van der Waals surface area contributed by atoms with Crippen molar-refractivity contribution >= 4 is 5.97 Å². The lowest BCUT2D eigenvalue weighted by Crippen LogP contribution is -2.70. The SMILES string of the molecule is CCCNC1[C@H](O)[C@](C)(COC[C@@]2(C)OC(C(=O)O)=C[C@@H](O)C2OC)C(COCC)OC1(C)C. The second-order valence-corrected chi connectivity index (χ2v) is 10.1. The molecule has 0 spiro atoms. The second kappa shape index (κ2) is 11.6. The highest BCUT2D eigenvalue weighted by molar-refractivity contribution is 5.84. The van der Waals surface area contributed by atoms with Crippen molar-refractivity contribution in [3.05, 3.63) is 11.8 Å². The molecule has 0 aromatic carbocycles. The molecule has 0 saturated carbocycles. The Hall–Kier alpha value is -1.27. The van der Waals surface area contributed by atoms with Crippen LogP contribution in [0.2, 0.25) is 0 Å². The fourth-order valence-corrected chi connectivity index (χ4v) is 4.85. The molecule has 0 amide bonds. The Morgan fingerprint density at radius 2 is 1.82 bits per heavy atom. The number of methoxy groups -OCH3 is 1. The van der Waals surface area contributed by atoms with Crippen LogP contribution in [0.15, 0.2) is 11.8 Å². The first kappa shape index (κ1) is 29.0. The van der Waals surface area contributed by atoms with Gasteiger partial charge in [0.05, 0.1) is 43.7 Å². The van der Waals surface area contributed by atoms with Crippen LogP contribution in [0.4, 0.5) is 0 Å². The molecule has 2 aliphatic rings. The number of carboxylic acids is 1. The van der Waals surface area contributed by atoms with E-state index >= 15 is 0 Å². The van der Waals surface area contributed by atoms with Crippen molar-refractivity contribution in [3.63, 3.8) is 0 Å². The summed E-state index contributed by atoms with van der Waals surface area (Å²) < 4.78 is 29.3. The smallest absolute Gasteiger partial charge is 0.370 e. The van der Waals surface area contributed by atoms with Crippen LogP contribution >= 0.6 is 0 Å². The third-order valence-corrected chi connectivity index (χ3v) is 6.85. The molecule has 0 aliphatic carbocycles. The van der Waals surface area contributed by atoms with Gasteiger partial charge >= 0.3 is 5.97 Å². The highest BCUT2D eigenvalue weighted by Gasteiger charge is 2.56. The Bertz CT molecular complexity index is 715. The highest BCUT2D eigenvalue weighted by atomic mass is 16.6. The van der Waals surface area contributed by atoms with Gasteiger partial charge in [0, 0.05) is 19.1 Å². The number of hydrogen-bond donors (Lipinski definition) is 4. The summed E-state index contributed by atoms with van der Waals surface area (Å²) in [6.45, 7) is 12.9. The molecule has 2 aliphatic heterocycles. The third kappa shape index (κ3) is 6.10. The van der Waals surface area contributed by atoms with Crippen molar-refractivity contribution in [2.24, 2.45) is 5.41 Å². The number of aliphatic hydroxyl groups is 2. The fourth-order valence-electron chi connectivity index (χ4n) is 4.85. The molecule has 0 radical (unpaired) electrons. The second-order valence-electron chi connectivity index (χ2n) is 10.1. The van der Waals surface area contributed by atoms with Gasteiger partial charge in [-0.2, -0.15) is 0 Å². The lowest BCUT2D eigenvalue weighted by Gasteiger charge is -2.55. The molecule has 10 heteroatoms. The van der Waals surface area contributed by atoms with Gasteiger partial charge < -0.3 is 44.3 Å². The molecule has 198 valence electrons. The average molecular weight is 490 g/mol. The van der Waals surface area contributed by atoms with Crippen molar-refractivity contribution in [2.45, 2.75) is 89.6 Å². The van der Waals surface area contributed by atoms with Crippen LogP contribution in [-0.2, 0) is 28.5 Å². The van der Waals surface area contributed by atoms with E-state index in [9.17, 15) is 20.1 Å². The monoisotopic (exact) mass is 489 g/mol. The Balaban J connectivity index is 2.23. The summed E-state index contributed by atoms with van der Waals surface area (Å²) >= 11 is 0. The van der Waals surface area contributed by atoms with Gasteiger partial charge in [-0.05, 0) is 46.7 Å². The largest absolute Gasteiger partial charge is 0.475 e. The molecule has 34 heavy (non-hydrogen) atoms. The van der Waals surface area contributed by atoms with Crippen molar-refractivity contribution in [1.82, 2.24) is 5.32 Å². The van der Waals surface area contributed by atoms with Gasteiger partial charge in [0.1, 0.15) is 12.2 Å². The predicted molar refractivity (Wildman–Crippen MR) is 124 cm³/mol. The van der Waals surface area contributed by atoms with Gasteiger partial charge in [0.15, 0.2) is 5.60 Å². The first-order valence-corrected chi connectivity index (χ1v) is 12.0. The summed E-state index contributed by atoms with van der Waals surface area (Å²) in [7, 11) is 1.42. The first-order chi connectivity index (χ1) is 15.9. The summed E-state index contributed by atoms with van der Waals surface area (Å²) in [6, 6.07) is -0.337. The maximum Gasteiger partial charge on any atom is 0.370 e. The van der Waals surface area contributed by atoms with E-state index in [1.54, 1.807) is 6.92 Å². The molecule has 7 atom stereocenters. The summed E-state index contributed by atoms with van der Waals surface area (Å²) in [4.78, 5) is 11.5. The van der Waals surface area contributed by atoms with Crippen molar-refractivity contribution in [3.8, 4) is 0 Å². The molecule has 3 unspecified atom stereocenters. The highest BCUT2D eigenvalue weighted by Crippen LogP contribution is 2.42. The number of aliphatic carboxylic acids is 1. The van der Waals surface area contributed by atoms with Crippen LogP contribution in [0.3, 0.4) is 0 Å². The van der Waals surface area contributed by atoms with Crippen LogP contribution in [0, 0.1) is 5.41 Å². The van der Waals surface area contributed by atoms with Crippen LogP contribution in [0.1, 0.15) is 48.0 Å². The van der Waals surface area contributed by atoms with Gasteiger partial charge in [0.25, 0.3) is 0 Å². The number of rotatable bonds is 12. The molecular weight excluding hydrogens is 446 g/mol. The molecule has 0 aromatic heterocycles. The predicted octanol–water partition coefficient (Wildman–Crippen LogP) is 1.09. The Kier molecular flexibility index (Phi) is 9.92. The van der Waals surface area contributed by atoms with E-state index in [-0.39, 0.29) is 31.6 Å². The lowest BCUT2D eigenvalue weighted by atomic mass is 9.70. The third-order valence-electron chi connectivity index (χ3n) is 6.85. The van der Waals surface area contributed by atoms with Crippen LogP contribution in [-0.4, -0.2) is 103 Å². The number of ether oxygens (including phenoxy) is 5. The summed E-state index contributed by atoms with van der Waals surface area (Å²) in [5.41, 5.74) is -2.74. The van der Waals surface area contributed by atoms with E-state index < -0.39 is 47.0 Å². The minimum absolute atomic E-state index is 0.0761. The first-order valence-electron chi connectivity index (χ1n) is 12.0. The standard InChI is InChI=1S/C24H43NO9/c1-8-10-25-18-19(27)23(5,17(12-31-9-2)34-22(18,3)4)13-32-14-24(6)20(30-7)15(26)11-16(33-24)21(28)29/h11,15,17-20,25-27H,8-10,12-14H2,1-7H3,(H,28,29)/t15-,17?,18?,19+,20?,23-,24-/m1/s1. The van der Waals surface area contributed by atoms with E-state index in [2.05, 4.69) is 12.2 Å². The normalized spacial score (nSPS) is 37.7. The molecule has 2 rings (SSSR count). The summed E-state index contributed by atoms with van der Waals surface area (Å²) in [6.07, 6.45) is -1.25. The quantitative estimate of drug-likeness (QED) is 0.315. The van der Waals surface area contributed by atoms with E-state index in [1.807, 2.05) is 27.7 Å². The van der Waals surface area contributed by atoms with Crippen LogP contribution < -0.4 is 5.32 Å². The minimum atomic E-state index is -1.29. The van der Waals surface area contributed by atoms with Gasteiger partial charge in [-0.3, -0.25) is 0 Å². The van der Waals surface area contributed by atoms with Gasteiger partial charge in [-0.1, -0.05) is 13.8 Å². The zero-order valence-corrected chi connectivity index (χ0v) is 21.5. The Morgan fingerprint density at radius 1 is 1.15 bits per heavy atom. The Labute approximate surface area is 202 Å². The summed E-state index contributed by atoms with van der Waals surface area (Å²) in [5, 5.41) is 34.7. The van der Waals surface area contributed by atoms with E-state index in [4.69, 9.17) is 23.7 Å². The zero-order chi connectivity index (χ0) is 25.7. The number of carbonyl (C=O) groups is 1. The maximum absolute atomic E-state index is 11.5. The van der Waals surface area contributed by atoms with Crippen molar-refractivity contribution in [1.29, 1.82) is 0 Å². The molecule has 1 fully saturated rings. The number of aliphatic hydroxyl groups excluding tert-OH is 2. The Morgan fingerprint density at radius 3 is 2.38 bits per heavy atom. The molecule has 10 nitrogen and oxygen atoms in total. The molecule has 0 bridgehead atoms. The minimum Gasteiger partial charge on any atom is -0.475 e. The van der Waals surface area contributed by atoms with Crippen LogP contribution in [0.25, 0.3) is 0 Å². The lowest BCUT2D eigenvalue weighted by molar-refractivity contribution is -0.261. The van der Waals surface area contributed by atoms with Gasteiger partial charge in [0.2, 0.25) is 5.76 Å². The van der Waals surface area contributed by atoms with Gasteiger partial charge in [-0.25, -0.2) is 4.79 Å². The van der Waals surface area contributed by atoms with E-state index in [0.717, 1.165) is 19.0 Å². The van der Waals surface area contributed by atoms with Gasteiger partial charge in [-0.15, -0.1) is 0 Å². The number of hydrogen-bond acceptors (Lipinski definition) is 9. The molecular formula is C24H43NO9. The van der Waals surface area contributed by atoms with E-state index in [0.29, 0.717) is 6.61 Å². The van der Waals surface area contributed by atoms with Crippen molar-refractivity contribution < 1.29 is 43.8 Å². The fraction of sp³-hybridized carbons (Fsp3) is 0.875. The number of carboxylic acid groups (broad SMARTS) is 1. The maximum atomic E-state index is 11.5. The molecule has 0 aromatic rings. The molecule has 1 saturated heterocycles. The van der Waals surface area contributed by atoms with Crippen molar-refractivity contribution in [2.75, 3.05) is 40.1 Å². The van der Waals surface area contributed by atoms with E-state index in [1.165, 1.54) is 7.11 Å². The average Bonchev–Trinajstić information content (AvgIpc) is 2.75. The summed E-state index contributed by atoms with van der Waals surface area (Å²) in [5.74, 6) is -1.65. The molecule has 4 N–H and O–H groups in total. The topological polar surface area (TPSA) is 136 Å².